The Morgan fingerprint density at radius 3 is 2.41 bits per heavy atom. The number of hydrogen-bond acceptors (Lipinski definition) is 3. The van der Waals surface area contributed by atoms with Gasteiger partial charge in [0, 0.05) is 30.4 Å². The predicted octanol–water partition coefficient (Wildman–Crippen LogP) is 5.34. The van der Waals surface area contributed by atoms with Crippen LogP contribution >= 0.6 is 24.8 Å². The molecule has 4 rings (SSSR count). The van der Waals surface area contributed by atoms with Crippen LogP contribution in [0.15, 0.2) is 67.1 Å². The number of aromatic nitrogens is 2. The first-order valence-corrected chi connectivity index (χ1v) is 9.72. The Hall–Kier alpha value is -2.01. The molecular weight excluding hydrogens is 405 g/mol. The van der Waals surface area contributed by atoms with Gasteiger partial charge in [-0.15, -0.1) is 24.8 Å². The van der Waals surface area contributed by atoms with Crippen LogP contribution in [0.25, 0.3) is 0 Å². The lowest BCUT2D eigenvalue weighted by Gasteiger charge is -2.32. The van der Waals surface area contributed by atoms with Gasteiger partial charge in [0.05, 0.1) is 19.1 Å². The van der Waals surface area contributed by atoms with Crippen molar-refractivity contribution in [1.82, 2.24) is 14.9 Å². The summed E-state index contributed by atoms with van der Waals surface area (Å²) in [5.74, 6) is 0.977. The van der Waals surface area contributed by atoms with E-state index in [0.29, 0.717) is 0 Å². The summed E-state index contributed by atoms with van der Waals surface area (Å²) in [5.41, 5.74) is 3.75. The smallest absolute Gasteiger partial charge is 0.123 e. The molecule has 0 unspecified atom stereocenters. The molecule has 1 aromatic heterocycles. The molecular formula is C23H29Cl2N3O. The van der Waals surface area contributed by atoms with E-state index in [1.54, 1.807) is 7.11 Å². The van der Waals surface area contributed by atoms with Crippen LogP contribution in [0.5, 0.6) is 5.75 Å². The first-order valence-electron chi connectivity index (χ1n) is 9.72. The second-order valence-electron chi connectivity index (χ2n) is 7.34. The van der Waals surface area contributed by atoms with Crippen molar-refractivity contribution in [2.45, 2.75) is 44.3 Å². The number of halogens is 2. The maximum Gasteiger partial charge on any atom is 0.123 e. The van der Waals surface area contributed by atoms with E-state index in [-0.39, 0.29) is 30.4 Å². The summed E-state index contributed by atoms with van der Waals surface area (Å²) in [6.45, 7) is 1.64. The van der Waals surface area contributed by atoms with Crippen molar-refractivity contribution in [2.24, 2.45) is 0 Å². The van der Waals surface area contributed by atoms with Gasteiger partial charge in [0.25, 0.3) is 0 Å². The molecule has 0 spiro atoms. The Bertz CT molecular complexity index is 877. The van der Waals surface area contributed by atoms with Gasteiger partial charge in [-0.3, -0.25) is 0 Å². The zero-order chi connectivity index (χ0) is 18.5. The van der Waals surface area contributed by atoms with Gasteiger partial charge in [-0.1, -0.05) is 61.4 Å². The zero-order valence-electron chi connectivity index (χ0n) is 16.7. The van der Waals surface area contributed by atoms with Crippen molar-refractivity contribution in [1.29, 1.82) is 0 Å². The molecule has 0 aliphatic heterocycles. The Labute approximate surface area is 185 Å². The lowest BCUT2D eigenvalue weighted by molar-refractivity contribution is 0.314. The van der Waals surface area contributed by atoms with Gasteiger partial charge in [-0.05, 0) is 24.5 Å². The Kier molecular flexibility index (Phi) is 8.57. The molecule has 0 atom stereocenters. The number of ether oxygens (including phenoxy) is 1. The Morgan fingerprint density at radius 1 is 1.00 bits per heavy atom. The molecule has 0 amide bonds. The summed E-state index contributed by atoms with van der Waals surface area (Å²) in [4.78, 5) is 4.39. The van der Waals surface area contributed by atoms with Crippen molar-refractivity contribution >= 4 is 24.8 Å². The topological polar surface area (TPSA) is 39.1 Å². The minimum absolute atomic E-state index is 0. The minimum Gasteiger partial charge on any atom is -0.496 e. The second-order valence-corrected chi connectivity index (χ2v) is 7.34. The number of nitrogens with zero attached hydrogens (tertiary/aromatic N) is 2. The van der Waals surface area contributed by atoms with E-state index < -0.39 is 0 Å². The molecule has 1 N–H and O–H groups in total. The third-order valence-corrected chi connectivity index (χ3v) is 5.68. The van der Waals surface area contributed by atoms with E-state index in [1.807, 2.05) is 18.6 Å². The van der Waals surface area contributed by atoms with Gasteiger partial charge < -0.3 is 14.6 Å². The van der Waals surface area contributed by atoms with Gasteiger partial charge in [0.15, 0.2) is 0 Å². The van der Waals surface area contributed by atoms with Crippen LogP contribution in [0.4, 0.5) is 0 Å². The van der Waals surface area contributed by atoms with Gasteiger partial charge in [-0.25, -0.2) is 4.98 Å². The molecule has 0 radical (unpaired) electrons. The highest BCUT2D eigenvalue weighted by molar-refractivity contribution is 5.85. The summed E-state index contributed by atoms with van der Waals surface area (Å²) >= 11 is 0. The fraction of sp³-hybridized carbons (Fsp3) is 0.348. The van der Waals surface area contributed by atoms with E-state index >= 15 is 0 Å². The quantitative estimate of drug-likeness (QED) is 0.546. The van der Waals surface area contributed by atoms with Gasteiger partial charge in [-0.2, -0.15) is 0 Å². The molecule has 1 aliphatic rings. The third kappa shape index (κ3) is 5.13. The van der Waals surface area contributed by atoms with Crippen LogP contribution in [-0.2, 0) is 18.6 Å². The minimum atomic E-state index is -0.0194. The first kappa shape index (κ1) is 23.3. The van der Waals surface area contributed by atoms with Crippen LogP contribution in [0.3, 0.4) is 0 Å². The molecule has 6 heteroatoms. The maximum absolute atomic E-state index is 5.67. The molecule has 156 valence electrons. The van der Waals surface area contributed by atoms with Crippen LogP contribution in [-0.4, -0.2) is 16.7 Å². The molecule has 2 aromatic carbocycles. The number of para-hydroxylation sites is 1. The molecule has 29 heavy (non-hydrogen) atoms. The monoisotopic (exact) mass is 433 g/mol. The molecule has 0 saturated heterocycles. The lowest BCUT2D eigenvalue weighted by Crippen LogP contribution is -2.40. The Morgan fingerprint density at radius 2 is 1.69 bits per heavy atom. The van der Waals surface area contributed by atoms with E-state index in [9.17, 15) is 0 Å². The maximum atomic E-state index is 5.67. The third-order valence-electron chi connectivity index (χ3n) is 5.68. The molecule has 4 nitrogen and oxygen atoms in total. The van der Waals surface area contributed by atoms with Crippen molar-refractivity contribution in [2.75, 3.05) is 7.11 Å². The second kappa shape index (κ2) is 10.7. The molecule has 1 aliphatic carbocycles. The predicted molar refractivity (Wildman–Crippen MR) is 122 cm³/mol. The fourth-order valence-corrected chi connectivity index (χ4v) is 4.24. The van der Waals surface area contributed by atoms with Crippen molar-refractivity contribution in [3.8, 4) is 5.75 Å². The molecule has 1 fully saturated rings. The van der Waals surface area contributed by atoms with Crippen molar-refractivity contribution < 1.29 is 4.74 Å². The number of benzene rings is 2. The number of nitrogens with one attached hydrogen (secondary N) is 1. The molecule has 1 heterocycles. The van der Waals surface area contributed by atoms with Gasteiger partial charge in [0.2, 0.25) is 0 Å². The van der Waals surface area contributed by atoms with Crippen molar-refractivity contribution in [3.05, 3.63) is 83.9 Å². The average Bonchev–Trinajstić information content (AvgIpc) is 3.37. The normalized spacial score (nSPS) is 14.7. The SMILES string of the molecule is COc1ccccc1C1(NCc2cncn2Cc2ccccc2)CCCC1.Cl.Cl. The molecule has 0 bridgehead atoms. The van der Waals surface area contributed by atoms with Crippen LogP contribution in [0.2, 0.25) is 0 Å². The number of imidazole rings is 1. The summed E-state index contributed by atoms with van der Waals surface area (Å²) in [7, 11) is 1.76. The highest BCUT2D eigenvalue weighted by Gasteiger charge is 2.37. The average molecular weight is 434 g/mol. The lowest BCUT2D eigenvalue weighted by atomic mass is 9.87. The fourth-order valence-electron chi connectivity index (χ4n) is 4.24. The summed E-state index contributed by atoms with van der Waals surface area (Å²) in [5, 5.41) is 3.87. The standard InChI is InChI=1S/C23H27N3O.2ClH/c1-27-22-12-6-5-11-21(22)23(13-7-8-14-23)25-16-20-15-24-18-26(20)17-19-9-3-2-4-10-19;;/h2-6,9-12,15,18,25H,7-8,13-14,16-17H2,1H3;2*1H. The van der Waals surface area contributed by atoms with E-state index in [2.05, 4.69) is 63.4 Å². The van der Waals surface area contributed by atoms with Gasteiger partial charge >= 0.3 is 0 Å². The van der Waals surface area contributed by atoms with Crippen LogP contribution < -0.4 is 10.1 Å². The van der Waals surface area contributed by atoms with E-state index in [0.717, 1.165) is 31.7 Å². The van der Waals surface area contributed by atoms with E-state index in [4.69, 9.17) is 4.74 Å². The highest BCUT2D eigenvalue weighted by Crippen LogP contribution is 2.42. The summed E-state index contributed by atoms with van der Waals surface area (Å²) in [6, 6.07) is 19.0. The van der Waals surface area contributed by atoms with Crippen molar-refractivity contribution in [3.63, 3.8) is 0 Å². The molecule has 3 aromatic rings. The summed E-state index contributed by atoms with van der Waals surface area (Å²) < 4.78 is 7.89. The summed E-state index contributed by atoms with van der Waals surface area (Å²) in [6.07, 6.45) is 8.66. The number of methoxy groups -OCH3 is 1. The zero-order valence-corrected chi connectivity index (χ0v) is 18.3. The van der Waals surface area contributed by atoms with Crippen LogP contribution in [0, 0.1) is 0 Å². The Balaban J connectivity index is 0.00000150. The molecule has 1 saturated carbocycles. The first-order chi connectivity index (χ1) is 13.3. The highest BCUT2D eigenvalue weighted by atomic mass is 35.5. The van der Waals surface area contributed by atoms with Crippen LogP contribution in [0.1, 0.15) is 42.5 Å². The number of hydrogen-bond donors (Lipinski definition) is 1. The van der Waals surface area contributed by atoms with Gasteiger partial charge in [0.1, 0.15) is 5.75 Å². The number of rotatable bonds is 7. The van der Waals surface area contributed by atoms with E-state index in [1.165, 1.54) is 29.7 Å². The largest absolute Gasteiger partial charge is 0.496 e.